The number of fused-ring (bicyclic) bond motifs is 1. The molecule has 0 atom stereocenters. The van der Waals surface area contributed by atoms with E-state index in [4.69, 9.17) is 19.3 Å². The fourth-order valence-corrected chi connectivity index (χ4v) is 4.27. The summed E-state index contributed by atoms with van der Waals surface area (Å²) in [5.74, 6) is 2.80. The van der Waals surface area contributed by atoms with Gasteiger partial charge in [-0.05, 0) is 62.4 Å². The van der Waals surface area contributed by atoms with Gasteiger partial charge in [0.2, 0.25) is 10.8 Å². The van der Waals surface area contributed by atoms with Crippen molar-refractivity contribution < 1.29 is 14.2 Å². The number of hydrogen-bond donors (Lipinski definition) is 1. The number of ether oxygens (including phenoxy) is 3. The van der Waals surface area contributed by atoms with E-state index in [1.165, 1.54) is 11.3 Å². The SMILES string of the molecule is CCOc1ccc(-c2nn3c(-c4cc(-c5ccc(OC)cc5)n[nH]4)nnc3s2)cc1OCC. The smallest absolute Gasteiger partial charge is 0.235 e. The standard InChI is InChI=1S/C23H22N6O3S/c1-4-31-19-11-8-15(12-20(19)32-5-2)22-28-29-21(26-27-23(29)33-22)18-13-17(24-25-18)14-6-9-16(30-3)10-7-14/h6-13H,4-5H2,1-3H3,(H,24,25). The van der Waals surface area contributed by atoms with Gasteiger partial charge >= 0.3 is 0 Å². The van der Waals surface area contributed by atoms with Crippen LogP contribution in [0.4, 0.5) is 0 Å². The van der Waals surface area contributed by atoms with E-state index in [9.17, 15) is 0 Å². The lowest BCUT2D eigenvalue weighted by Crippen LogP contribution is -1.98. The summed E-state index contributed by atoms with van der Waals surface area (Å²) in [5.41, 5.74) is 3.42. The zero-order valence-electron chi connectivity index (χ0n) is 18.4. The molecule has 0 bridgehead atoms. The summed E-state index contributed by atoms with van der Waals surface area (Å²) in [6, 6.07) is 15.5. The van der Waals surface area contributed by atoms with E-state index in [2.05, 4.69) is 20.4 Å². The maximum atomic E-state index is 5.76. The molecule has 0 aliphatic rings. The quantitative estimate of drug-likeness (QED) is 0.356. The Morgan fingerprint density at radius 1 is 0.909 bits per heavy atom. The molecule has 5 rings (SSSR count). The van der Waals surface area contributed by atoms with Gasteiger partial charge < -0.3 is 14.2 Å². The summed E-state index contributed by atoms with van der Waals surface area (Å²) < 4.78 is 18.4. The van der Waals surface area contributed by atoms with Gasteiger partial charge in [0.05, 0.1) is 26.0 Å². The largest absolute Gasteiger partial charge is 0.497 e. The summed E-state index contributed by atoms with van der Waals surface area (Å²) in [6.45, 7) is 5.02. The number of methoxy groups -OCH3 is 1. The number of benzene rings is 2. The Bertz CT molecular complexity index is 1390. The summed E-state index contributed by atoms with van der Waals surface area (Å²) in [4.78, 5) is 0.687. The Morgan fingerprint density at radius 3 is 2.42 bits per heavy atom. The minimum absolute atomic E-state index is 0.551. The molecular formula is C23H22N6O3S. The molecule has 2 aromatic carbocycles. The second-order valence-corrected chi connectivity index (χ2v) is 8.00. The van der Waals surface area contributed by atoms with Crippen molar-refractivity contribution in [1.29, 1.82) is 0 Å². The number of aromatic amines is 1. The van der Waals surface area contributed by atoms with Gasteiger partial charge in [0.1, 0.15) is 16.5 Å². The first-order chi connectivity index (χ1) is 16.2. The highest BCUT2D eigenvalue weighted by Crippen LogP contribution is 2.35. The first-order valence-corrected chi connectivity index (χ1v) is 11.3. The molecule has 0 aliphatic heterocycles. The molecule has 0 saturated heterocycles. The molecule has 0 saturated carbocycles. The average Bonchev–Trinajstić information content (AvgIpc) is 3.57. The maximum Gasteiger partial charge on any atom is 0.235 e. The van der Waals surface area contributed by atoms with Crippen molar-refractivity contribution in [2.75, 3.05) is 20.3 Å². The van der Waals surface area contributed by atoms with Crippen molar-refractivity contribution >= 4 is 16.3 Å². The summed E-state index contributed by atoms with van der Waals surface area (Å²) in [5, 5.41) is 21.6. The van der Waals surface area contributed by atoms with Gasteiger partial charge in [-0.25, -0.2) is 0 Å². The van der Waals surface area contributed by atoms with E-state index < -0.39 is 0 Å². The van der Waals surface area contributed by atoms with Crippen molar-refractivity contribution in [1.82, 2.24) is 30.0 Å². The second kappa shape index (κ2) is 8.91. The monoisotopic (exact) mass is 462 g/mol. The lowest BCUT2D eigenvalue weighted by molar-refractivity contribution is 0.288. The highest BCUT2D eigenvalue weighted by Gasteiger charge is 2.18. The molecule has 0 unspecified atom stereocenters. The van der Waals surface area contributed by atoms with Crippen molar-refractivity contribution in [2.24, 2.45) is 0 Å². The minimum atomic E-state index is 0.551. The predicted octanol–water partition coefficient (Wildman–Crippen LogP) is 4.72. The number of rotatable bonds is 8. The zero-order valence-corrected chi connectivity index (χ0v) is 19.2. The van der Waals surface area contributed by atoms with Gasteiger partial charge in [-0.3, -0.25) is 5.10 Å². The van der Waals surface area contributed by atoms with E-state index in [-0.39, 0.29) is 0 Å². The normalized spacial score (nSPS) is 11.1. The van der Waals surface area contributed by atoms with Crippen LogP contribution >= 0.6 is 11.3 Å². The van der Waals surface area contributed by atoms with E-state index in [0.29, 0.717) is 29.7 Å². The van der Waals surface area contributed by atoms with Gasteiger partial charge in [0.25, 0.3) is 0 Å². The summed E-state index contributed by atoms with van der Waals surface area (Å²) in [7, 11) is 1.64. The average molecular weight is 463 g/mol. The van der Waals surface area contributed by atoms with E-state index in [1.807, 2.05) is 62.4 Å². The highest BCUT2D eigenvalue weighted by atomic mass is 32.1. The van der Waals surface area contributed by atoms with Gasteiger partial charge in [-0.1, -0.05) is 11.3 Å². The molecule has 5 aromatic rings. The van der Waals surface area contributed by atoms with Gasteiger partial charge in [-0.2, -0.15) is 14.7 Å². The molecule has 3 heterocycles. The lowest BCUT2D eigenvalue weighted by Gasteiger charge is -2.11. The third-order valence-corrected chi connectivity index (χ3v) is 5.93. The Labute approximate surface area is 194 Å². The predicted molar refractivity (Wildman–Crippen MR) is 126 cm³/mol. The third kappa shape index (κ3) is 4.00. The molecule has 10 heteroatoms. The fourth-order valence-electron chi connectivity index (χ4n) is 3.43. The number of H-pyrrole nitrogens is 1. The molecule has 3 aromatic heterocycles. The number of hydrogen-bond acceptors (Lipinski definition) is 8. The Balaban J connectivity index is 1.47. The highest BCUT2D eigenvalue weighted by molar-refractivity contribution is 7.19. The molecule has 9 nitrogen and oxygen atoms in total. The van der Waals surface area contributed by atoms with Crippen LogP contribution in [-0.2, 0) is 0 Å². The molecular weight excluding hydrogens is 440 g/mol. The number of aromatic nitrogens is 6. The number of nitrogens with zero attached hydrogens (tertiary/aromatic N) is 5. The van der Waals surface area contributed by atoms with Crippen molar-refractivity contribution in [3.8, 4) is 50.6 Å². The van der Waals surface area contributed by atoms with E-state index >= 15 is 0 Å². The third-order valence-electron chi connectivity index (χ3n) is 4.99. The second-order valence-electron chi connectivity index (χ2n) is 7.05. The molecule has 0 fully saturated rings. The van der Waals surface area contributed by atoms with Gasteiger partial charge in [-0.15, -0.1) is 10.2 Å². The Hall–Kier alpha value is -3.92. The van der Waals surface area contributed by atoms with Crippen LogP contribution in [0.5, 0.6) is 17.2 Å². The zero-order chi connectivity index (χ0) is 22.8. The van der Waals surface area contributed by atoms with Crippen LogP contribution in [0, 0.1) is 0 Å². The van der Waals surface area contributed by atoms with E-state index in [0.717, 1.165) is 39.0 Å². The van der Waals surface area contributed by atoms with Crippen molar-refractivity contribution in [3.05, 3.63) is 48.5 Å². The molecule has 33 heavy (non-hydrogen) atoms. The Morgan fingerprint density at radius 2 is 1.67 bits per heavy atom. The van der Waals surface area contributed by atoms with Crippen LogP contribution in [0.2, 0.25) is 0 Å². The van der Waals surface area contributed by atoms with Crippen molar-refractivity contribution in [2.45, 2.75) is 13.8 Å². The van der Waals surface area contributed by atoms with Crippen molar-refractivity contribution in [3.63, 3.8) is 0 Å². The maximum absolute atomic E-state index is 5.76. The van der Waals surface area contributed by atoms with Gasteiger partial charge in [0, 0.05) is 11.1 Å². The van der Waals surface area contributed by atoms with Crippen LogP contribution in [0.15, 0.2) is 48.5 Å². The van der Waals surface area contributed by atoms with Crippen LogP contribution in [0.1, 0.15) is 13.8 Å². The first-order valence-electron chi connectivity index (χ1n) is 10.5. The van der Waals surface area contributed by atoms with Crippen LogP contribution in [-0.4, -0.2) is 50.3 Å². The lowest BCUT2D eigenvalue weighted by atomic mass is 10.1. The van der Waals surface area contributed by atoms with Crippen LogP contribution < -0.4 is 14.2 Å². The molecule has 0 radical (unpaired) electrons. The molecule has 1 N–H and O–H groups in total. The van der Waals surface area contributed by atoms with Crippen LogP contribution in [0.25, 0.3) is 38.3 Å². The van der Waals surface area contributed by atoms with Gasteiger partial charge in [0.15, 0.2) is 11.5 Å². The summed E-state index contributed by atoms with van der Waals surface area (Å²) >= 11 is 1.45. The Kier molecular flexibility index (Phi) is 5.66. The first kappa shape index (κ1) is 21.0. The van der Waals surface area contributed by atoms with E-state index in [1.54, 1.807) is 11.6 Å². The fraction of sp³-hybridized carbons (Fsp3) is 0.217. The minimum Gasteiger partial charge on any atom is -0.497 e. The summed E-state index contributed by atoms with van der Waals surface area (Å²) in [6.07, 6.45) is 0. The molecule has 0 aliphatic carbocycles. The molecule has 0 spiro atoms. The number of nitrogens with one attached hydrogen (secondary N) is 1. The topological polar surface area (TPSA) is 99.5 Å². The molecule has 0 amide bonds. The van der Waals surface area contributed by atoms with Crippen LogP contribution in [0.3, 0.4) is 0 Å². The molecule has 168 valence electrons.